The zero-order valence-corrected chi connectivity index (χ0v) is 12.0. The Labute approximate surface area is 119 Å². The number of amides is 1. The van der Waals surface area contributed by atoms with Crippen molar-refractivity contribution >= 4 is 39.1 Å². The van der Waals surface area contributed by atoms with Crippen LogP contribution in [0.5, 0.6) is 0 Å². The normalized spacial score (nSPS) is 10.2. The van der Waals surface area contributed by atoms with E-state index < -0.39 is 0 Å². The summed E-state index contributed by atoms with van der Waals surface area (Å²) in [6, 6.07) is 12.7. The van der Waals surface area contributed by atoms with Crippen molar-refractivity contribution in [1.29, 1.82) is 0 Å². The minimum absolute atomic E-state index is 0.151. The molecule has 0 aromatic heterocycles. The van der Waals surface area contributed by atoms with Crippen LogP contribution >= 0.6 is 27.5 Å². The van der Waals surface area contributed by atoms with E-state index >= 15 is 0 Å². The number of aryl methyl sites for hydroxylation is 1. The molecular weight excluding hydrogens is 314 g/mol. The molecule has 0 heterocycles. The van der Waals surface area contributed by atoms with E-state index in [-0.39, 0.29) is 5.91 Å². The zero-order valence-electron chi connectivity index (χ0n) is 9.71. The molecule has 18 heavy (non-hydrogen) atoms. The van der Waals surface area contributed by atoms with Crippen LogP contribution < -0.4 is 5.32 Å². The van der Waals surface area contributed by atoms with Crippen LogP contribution in [0.3, 0.4) is 0 Å². The van der Waals surface area contributed by atoms with E-state index in [0.29, 0.717) is 10.6 Å². The van der Waals surface area contributed by atoms with Gasteiger partial charge in [0.25, 0.3) is 5.91 Å². The Balaban J connectivity index is 2.22. The number of hydrogen-bond donors (Lipinski definition) is 1. The number of para-hydroxylation sites is 1. The molecule has 4 heteroatoms. The molecule has 0 atom stereocenters. The number of carbonyl (C=O) groups is 1. The maximum absolute atomic E-state index is 12.1. The van der Waals surface area contributed by atoms with Crippen molar-refractivity contribution < 1.29 is 4.79 Å². The molecule has 92 valence electrons. The van der Waals surface area contributed by atoms with Crippen molar-refractivity contribution in [3.63, 3.8) is 0 Å². The van der Waals surface area contributed by atoms with E-state index in [4.69, 9.17) is 11.6 Å². The van der Waals surface area contributed by atoms with Gasteiger partial charge in [-0.15, -0.1) is 0 Å². The molecule has 0 spiro atoms. The Hall–Kier alpha value is -1.32. The van der Waals surface area contributed by atoms with Gasteiger partial charge in [0.2, 0.25) is 0 Å². The maximum Gasteiger partial charge on any atom is 0.255 e. The predicted octanol–water partition coefficient (Wildman–Crippen LogP) is 4.66. The first-order chi connectivity index (χ1) is 8.58. The van der Waals surface area contributed by atoms with Gasteiger partial charge in [0, 0.05) is 15.1 Å². The molecule has 0 unspecified atom stereocenters. The number of nitrogens with one attached hydrogen (secondary N) is 1. The van der Waals surface area contributed by atoms with Crippen LogP contribution in [0.15, 0.2) is 46.9 Å². The summed E-state index contributed by atoms with van der Waals surface area (Å²) in [4.78, 5) is 12.1. The molecule has 0 aliphatic carbocycles. The second-order valence-corrected chi connectivity index (χ2v) is 5.16. The van der Waals surface area contributed by atoms with Crippen LogP contribution in [0.2, 0.25) is 5.02 Å². The molecule has 0 aliphatic rings. The Kier molecular flexibility index (Phi) is 4.04. The first-order valence-corrected chi connectivity index (χ1v) is 6.57. The summed E-state index contributed by atoms with van der Waals surface area (Å²) in [6.45, 7) is 1.87. The Morgan fingerprint density at radius 3 is 2.61 bits per heavy atom. The molecule has 1 amide bonds. The maximum atomic E-state index is 12.1. The second-order valence-electron chi connectivity index (χ2n) is 3.90. The highest BCUT2D eigenvalue weighted by Crippen LogP contribution is 2.22. The van der Waals surface area contributed by atoms with Crippen LogP contribution in [0.4, 0.5) is 5.69 Å². The van der Waals surface area contributed by atoms with Gasteiger partial charge in [-0.05, 0) is 58.7 Å². The molecule has 2 rings (SSSR count). The molecule has 2 aromatic rings. The highest BCUT2D eigenvalue weighted by Gasteiger charge is 2.08. The Bertz CT molecular complexity index is 598. The highest BCUT2D eigenvalue weighted by molar-refractivity contribution is 9.10. The number of benzene rings is 2. The van der Waals surface area contributed by atoms with Crippen molar-refractivity contribution in [2.24, 2.45) is 0 Å². The van der Waals surface area contributed by atoms with Gasteiger partial charge in [0.05, 0.1) is 5.69 Å². The fourth-order valence-corrected chi connectivity index (χ4v) is 2.04. The fraction of sp³-hybridized carbons (Fsp3) is 0.0714. The minimum Gasteiger partial charge on any atom is -0.321 e. The van der Waals surface area contributed by atoms with E-state index in [2.05, 4.69) is 21.2 Å². The molecule has 2 aromatic carbocycles. The molecule has 0 bridgehead atoms. The number of hydrogen-bond acceptors (Lipinski definition) is 1. The average Bonchev–Trinajstić information content (AvgIpc) is 2.35. The number of rotatable bonds is 2. The summed E-state index contributed by atoms with van der Waals surface area (Å²) in [6.07, 6.45) is 0. The molecule has 2 nitrogen and oxygen atoms in total. The van der Waals surface area contributed by atoms with Crippen LogP contribution in [0, 0.1) is 6.92 Å². The molecule has 0 saturated carbocycles. The summed E-state index contributed by atoms with van der Waals surface area (Å²) < 4.78 is 0.851. The van der Waals surface area contributed by atoms with Crippen molar-refractivity contribution in [3.8, 4) is 0 Å². The molecule has 0 radical (unpaired) electrons. The lowest BCUT2D eigenvalue weighted by Crippen LogP contribution is -2.12. The molecule has 0 saturated heterocycles. The summed E-state index contributed by atoms with van der Waals surface area (Å²) in [5.41, 5.74) is 2.22. The van der Waals surface area contributed by atoms with Gasteiger partial charge >= 0.3 is 0 Å². The second kappa shape index (κ2) is 5.55. The quantitative estimate of drug-likeness (QED) is 0.855. The topological polar surface area (TPSA) is 29.1 Å². The first-order valence-electron chi connectivity index (χ1n) is 5.40. The number of carbonyl (C=O) groups excluding carboxylic acids is 1. The van der Waals surface area contributed by atoms with Crippen molar-refractivity contribution in [2.45, 2.75) is 6.92 Å². The zero-order chi connectivity index (χ0) is 13.1. The lowest BCUT2D eigenvalue weighted by Gasteiger charge is -2.08. The third kappa shape index (κ3) is 2.92. The molecule has 0 aliphatic heterocycles. The van der Waals surface area contributed by atoms with Gasteiger partial charge in [-0.3, -0.25) is 4.79 Å². The fourth-order valence-electron chi connectivity index (χ4n) is 1.54. The first kappa shape index (κ1) is 13.1. The number of halogens is 2. The van der Waals surface area contributed by atoms with Gasteiger partial charge in [0.1, 0.15) is 0 Å². The predicted molar refractivity (Wildman–Crippen MR) is 78.3 cm³/mol. The molecule has 1 N–H and O–H groups in total. The van der Waals surface area contributed by atoms with Crippen LogP contribution in [0.25, 0.3) is 0 Å². The summed E-state index contributed by atoms with van der Waals surface area (Å²) in [5, 5.41) is 3.50. The van der Waals surface area contributed by atoms with Crippen LogP contribution in [-0.4, -0.2) is 5.91 Å². The largest absolute Gasteiger partial charge is 0.321 e. The summed E-state index contributed by atoms with van der Waals surface area (Å²) in [5.74, 6) is -0.151. The van der Waals surface area contributed by atoms with E-state index in [1.807, 2.05) is 31.2 Å². The van der Waals surface area contributed by atoms with Gasteiger partial charge in [0.15, 0.2) is 0 Å². The smallest absolute Gasteiger partial charge is 0.255 e. The number of anilines is 1. The molecule has 0 fully saturated rings. The van der Waals surface area contributed by atoms with Gasteiger partial charge in [-0.25, -0.2) is 0 Å². The Morgan fingerprint density at radius 1 is 1.22 bits per heavy atom. The SMILES string of the molecule is Cc1cc(C(=O)Nc2ccccc2Br)ccc1Cl. The third-order valence-electron chi connectivity index (χ3n) is 2.54. The average molecular weight is 325 g/mol. The lowest BCUT2D eigenvalue weighted by atomic mass is 10.1. The van der Waals surface area contributed by atoms with Crippen LogP contribution in [0.1, 0.15) is 15.9 Å². The monoisotopic (exact) mass is 323 g/mol. The van der Waals surface area contributed by atoms with Gasteiger partial charge in [-0.1, -0.05) is 23.7 Å². The van der Waals surface area contributed by atoms with Gasteiger partial charge in [-0.2, -0.15) is 0 Å². The minimum atomic E-state index is -0.151. The third-order valence-corrected chi connectivity index (χ3v) is 3.66. The van der Waals surface area contributed by atoms with Crippen molar-refractivity contribution in [3.05, 3.63) is 63.1 Å². The van der Waals surface area contributed by atoms with Crippen molar-refractivity contribution in [1.82, 2.24) is 0 Å². The van der Waals surface area contributed by atoms with E-state index in [1.54, 1.807) is 18.2 Å². The standard InChI is InChI=1S/C14H11BrClNO/c1-9-8-10(6-7-12(9)16)14(18)17-13-5-3-2-4-11(13)15/h2-8H,1H3,(H,17,18). The van der Waals surface area contributed by atoms with Crippen LogP contribution in [-0.2, 0) is 0 Å². The summed E-state index contributed by atoms with van der Waals surface area (Å²) >= 11 is 9.32. The van der Waals surface area contributed by atoms with E-state index in [9.17, 15) is 4.79 Å². The summed E-state index contributed by atoms with van der Waals surface area (Å²) in [7, 11) is 0. The highest BCUT2D eigenvalue weighted by atomic mass is 79.9. The lowest BCUT2D eigenvalue weighted by molar-refractivity contribution is 0.102. The molecular formula is C14H11BrClNO. The van der Waals surface area contributed by atoms with E-state index in [1.165, 1.54) is 0 Å². The van der Waals surface area contributed by atoms with Gasteiger partial charge < -0.3 is 5.32 Å². The van der Waals surface area contributed by atoms with Crippen molar-refractivity contribution in [2.75, 3.05) is 5.32 Å². The Morgan fingerprint density at radius 2 is 1.94 bits per heavy atom. The van der Waals surface area contributed by atoms with E-state index in [0.717, 1.165) is 15.7 Å².